The molecule has 7 nitrogen and oxygen atoms in total. The van der Waals surface area contributed by atoms with Gasteiger partial charge in [0.15, 0.2) is 5.82 Å². The molecule has 2 amide bonds. The Bertz CT molecular complexity index is 698. The number of halogens is 1. The van der Waals surface area contributed by atoms with Crippen molar-refractivity contribution in [1.29, 1.82) is 0 Å². The highest BCUT2D eigenvalue weighted by Crippen LogP contribution is 2.18. The van der Waals surface area contributed by atoms with Gasteiger partial charge in [-0.25, -0.2) is 14.8 Å². The van der Waals surface area contributed by atoms with Crippen LogP contribution in [0.1, 0.15) is 58.8 Å². The second-order valence-electron chi connectivity index (χ2n) is 7.05. The summed E-state index contributed by atoms with van der Waals surface area (Å²) in [4.78, 5) is 22.7. The number of nitrogens with one attached hydrogen (secondary N) is 2. The number of urea groups is 1. The molecule has 1 fully saturated rings. The number of anilines is 1. The van der Waals surface area contributed by atoms with Crippen LogP contribution in [0.2, 0.25) is 5.15 Å². The fourth-order valence-electron chi connectivity index (χ4n) is 3.38. The Balaban J connectivity index is 0.00000155. The Morgan fingerprint density at radius 2 is 1.87 bits per heavy atom. The van der Waals surface area contributed by atoms with Gasteiger partial charge in [0, 0.05) is 6.54 Å². The summed E-state index contributed by atoms with van der Waals surface area (Å²) >= 11 is 5.72. The maximum Gasteiger partial charge on any atom is 0.324 e. The molecular weight excluding hydrogens is 402 g/mol. The SMILES string of the molecule is CC.O=C(NC1=C(OCCN2CCCCCC2)C=CCCC1)Nc1cnc(Cl)cn1. The lowest BCUT2D eigenvalue weighted by Gasteiger charge is -2.21. The van der Waals surface area contributed by atoms with E-state index >= 15 is 0 Å². The molecule has 1 aromatic heterocycles. The Morgan fingerprint density at radius 1 is 1.10 bits per heavy atom. The number of carbonyl (C=O) groups excluding carboxylic acids is 1. The number of amides is 2. The van der Waals surface area contributed by atoms with Crippen LogP contribution in [0, 0.1) is 0 Å². The number of nitrogens with zero attached hydrogens (tertiary/aromatic N) is 3. The molecular formula is C22H34ClN5O2. The molecule has 0 radical (unpaired) electrons. The van der Waals surface area contributed by atoms with E-state index in [1.54, 1.807) is 0 Å². The zero-order valence-electron chi connectivity index (χ0n) is 18.1. The smallest absolute Gasteiger partial charge is 0.324 e. The zero-order valence-corrected chi connectivity index (χ0v) is 18.9. The minimum Gasteiger partial charge on any atom is -0.490 e. The summed E-state index contributed by atoms with van der Waals surface area (Å²) < 4.78 is 6.05. The summed E-state index contributed by atoms with van der Waals surface area (Å²) in [5.41, 5.74) is 0.795. The van der Waals surface area contributed by atoms with E-state index in [2.05, 4.69) is 31.6 Å². The van der Waals surface area contributed by atoms with Crippen molar-refractivity contribution in [3.05, 3.63) is 41.2 Å². The first kappa shape index (κ1) is 24.2. The third kappa shape index (κ3) is 8.71. The van der Waals surface area contributed by atoms with Crippen LogP contribution in [0.3, 0.4) is 0 Å². The largest absolute Gasteiger partial charge is 0.490 e. The third-order valence-corrected chi connectivity index (χ3v) is 5.05. The summed E-state index contributed by atoms with van der Waals surface area (Å²) in [5, 5.41) is 5.86. The van der Waals surface area contributed by atoms with E-state index in [0.29, 0.717) is 12.4 Å². The molecule has 0 unspecified atom stereocenters. The summed E-state index contributed by atoms with van der Waals surface area (Å²) in [7, 11) is 0. The molecule has 1 aliphatic heterocycles. The number of hydrogen-bond donors (Lipinski definition) is 2. The molecule has 1 aliphatic carbocycles. The van der Waals surface area contributed by atoms with Crippen molar-refractivity contribution in [2.75, 3.05) is 31.6 Å². The first-order valence-corrected chi connectivity index (χ1v) is 11.4. The van der Waals surface area contributed by atoms with Crippen molar-refractivity contribution >= 4 is 23.4 Å². The van der Waals surface area contributed by atoms with Crippen LogP contribution in [0.25, 0.3) is 0 Å². The van der Waals surface area contributed by atoms with E-state index in [0.717, 1.165) is 50.4 Å². The molecule has 3 rings (SSSR count). The van der Waals surface area contributed by atoms with E-state index in [1.165, 1.54) is 38.1 Å². The lowest BCUT2D eigenvalue weighted by molar-refractivity contribution is 0.163. The van der Waals surface area contributed by atoms with Gasteiger partial charge >= 0.3 is 6.03 Å². The van der Waals surface area contributed by atoms with E-state index < -0.39 is 0 Å². The van der Waals surface area contributed by atoms with Gasteiger partial charge in [-0.15, -0.1) is 0 Å². The summed E-state index contributed by atoms with van der Waals surface area (Å²) in [6, 6.07) is -0.365. The quantitative estimate of drug-likeness (QED) is 0.648. The van der Waals surface area contributed by atoms with E-state index in [1.807, 2.05) is 19.9 Å². The number of carbonyl (C=O) groups is 1. The van der Waals surface area contributed by atoms with Gasteiger partial charge in [-0.3, -0.25) is 10.2 Å². The Labute approximate surface area is 184 Å². The molecule has 1 aromatic rings. The standard InChI is InChI=1S/C20H28ClN5O2.C2H6/c21-18-14-23-19(15-22-18)25-20(27)24-16-8-4-3-5-9-17(16)28-13-12-26-10-6-1-2-7-11-26;1-2/h5,9,14-15H,1-4,6-8,10-13H2,(H2,23,24,25,27);1-2H3. The molecule has 2 aliphatic rings. The van der Waals surface area contributed by atoms with Crippen LogP contribution in [0.15, 0.2) is 36.0 Å². The van der Waals surface area contributed by atoms with Gasteiger partial charge in [-0.05, 0) is 51.3 Å². The Kier molecular flexibility index (Phi) is 11.3. The first-order chi connectivity index (χ1) is 14.7. The topological polar surface area (TPSA) is 79.4 Å². The number of ether oxygens (including phenoxy) is 1. The van der Waals surface area contributed by atoms with Crippen LogP contribution < -0.4 is 10.6 Å². The first-order valence-electron chi connectivity index (χ1n) is 11.0. The number of likely N-dealkylation sites (tertiary alicyclic amines) is 1. The summed E-state index contributed by atoms with van der Waals surface area (Å²) in [6.07, 6.45) is 14.7. The highest BCUT2D eigenvalue weighted by Gasteiger charge is 2.14. The van der Waals surface area contributed by atoms with Crippen molar-refractivity contribution in [3.63, 3.8) is 0 Å². The molecule has 166 valence electrons. The molecule has 30 heavy (non-hydrogen) atoms. The molecule has 1 saturated heterocycles. The van der Waals surface area contributed by atoms with Gasteiger partial charge in [0.2, 0.25) is 0 Å². The van der Waals surface area contributed by atoms with E-state index in [-0.39, 0.29) is 11.2 Å². The van der Waals surface area contributed by atoms with Crippen molar-refractivity contribution in [2.45, 2.75) is 58.8 Å². The zero-order chi connectivity index (χ0) is 21.6. The molecule has 0 aromatic carbocycles. The van der Waals surface area contributed by atoms with Crippen LogP contribution in [0.4, 0.5) is 10.6 Å². The van der Waals surface area contributed by atoms with Crippen molar-refractivity contribution in [2.24, 2.45) is 0 Å². The van der Waals surface area contributed by atoms with E-state index in [4.69, 9.17) is 16.3 Å². The molecule has 0 bridgehead atoms. The minimum absolute atomic E-state index is 0.280. The average molecular weight is 436 g/mol. The average Bonchev–Trinajstić information content (AvgIpc) is 3.15. The maximum absolute atomic E-state index is 12.3. The van der Waals surface area contributed by atoms with Crippen molar-refractivity contribution in [3.8, 4) is 0 Å². The van der Waals surface area contributed by atoms with E-state index in [9.17, 15) is 4.79 Å². The number of aromatic nitrogens is 2. The van der Waals surface area contributed by atoms with Crippen LogP contribution >= 0.6 is 11.6 Å². The third-order valence-electron chi connectivity index (χ3n) is 4.85. The molecule has 2 heterocycles. The van der Waals surface area contributed by atoms with Crippen molar-refractivity contribution < 1.29 is 9.53 Å². The lowest BCUT2D eigenvalue weighted by atomic mass is 10.2. The molecule has 0 spiro atoms. The van der Waals surface area contributed by atoms with Gasteiger partial charge in [0.25, 0.3) is 0 Å². The van der Waals surface area contributed by atoms with Gasteiger partial charge < -0.3 is 10.1 Å². The predicted octanol–water partition coefficient (Wildman–Crippen LogP) is 5.12. The van der Waals surface area contributed by atoms with Crippen LogP contribution in [0.5, 0.6) is 0 Å². The number of hydrogen-bond acceptors (Lipinski definition) is 5. The minimum atomic E-state index is -0.365. The Morgan fingerprint density at radius 3 is 2.57 bits per heavy atom. The van der Waals surface area contributed by atoms with Gasteiger partial charge in [-0.2, -0.15) is 0 Å². The lowest BCUT2D eigenvalue weighted by Crippen LogP contribution is -2.31. The normalized spacial score (nSPS) is 17.3. The second kappa shape index (κ2) is 14.0. The molecule has 0 atom stereocenters. The van der Waals surface area contributed by atoms with Crippen molar-refractivity contribution in [1.82, 2.24) is 20.2 Å². The number of rotatable bonds is 6. The van der Waals surface area contributed by atoms with Gasteiger partial charge in [0.05, 0.1) is 18.1 Å². The molecule has 0 saturated carbocycles. The summed E-state index contributed by atoms with van der Waals surface area (Å²) in [6.45, 7) is 7.83. The summed E-state index contributed by atoms with van der Waals surface area (Å²) in [5.74, 6) is 1.08. The fourth-order valence-corrected chi connectivity index (χ4v) is 3.47. The van der Waals surface area contributed by atoms with Crippen LogP contribution in [-0.2, 0) is 4.74 Å². The Hall–Kier alpha value is -2.12. The van der Waals surface area contributed by atoms with Gasteiger partial charge in [0.1, 0.15) is 17.5 Å². The highest BCUT2D eigenvalue weighted by molar-refractivity contribution is 6.29. The fraction of sp³-hybridized carbons (Fsp3) is 0.591. The highest BCUT2D eigenvalue weighted by atomic mass is 35.5. The van der Waals surface area contributed by atoms with Crippen LogP contribution in [-0.4, -0.2) is 47.1 Å². The predicted molar refractivity (Wildman–Crippen MR) is 121 cm³/mol. The molecule has 2 N–H and O–H groups in total. The number of allylic oxidation sites excluding steroid dienone is 3. The monoisotopic (exact) mass is 435 g/mol. The maximum atomic E-state index is 12.3. The second-order valence-corrected chi connectivity index (χ2v) is 7.43. The molecule has 8 heteroatoms. The van der Waals surface area contributed by atoms with Gasteiger partial charge in [-0.1, -0.05) is 44.4 Å².